The number of anilines is 2. The molecule has 0 radical (unpaired) electrons. The first-order valence-electron chi connectivity index (χ1n) is 6.67. The topological polar surface area (TPSA) is 166 Å². The molecular weight excluding hydrogens is 467 g/mol. The molecule has 4 N–H and O–H groups in total. The summed E-state index contributed by atoms with van der Waals surface area (Å²) < 4.78 is 63.6. The van der Waals surface area contributed by atoms with Crippen LogP contribution in [0.2, 0.25) is 10.0 Å². The van der Waals surface area contributed by atoms with Crippen LogP contribution in [0.25, 0.3) is 0 Å². The van der Waals surface area contributed by atoms with E-state index in [1.54, 1.807) is 13.8 Å². The normalized spacial score (nSPS) is 11.2. The molecule has 0 aliphatic heterocycles. The first-order valence-corrected chi connectivity index (χ1v) is 10.2. The summed E-state index contributed by atoms with van der Waals surface area (Å²) in [6.45, 7) is 3.15. The van der Waals surface area contributed by atoms with E-state index in [1.165, 1.54) is 12.1 Å². The molecule has 0 amide bonds. The van der Waals surface area contributed by atoms with Crippen molar-refractivity contribution in [3.8, 4) is 0 Å². The van der Waals surface area contributed by atoms with Gasteiger partial charge in [-0.3, -0.25) is 0 Å². The van der Waals surface area contributed by atoms with Crippen molar-refractivity contribution in [3.63, 3.8) is 0 Å². The predicted molar refractivity (Wildman–Crippen MR) is 103 cm³/mol. The van der Waals surface area contributed by atoms with Crippen LogP contribution < -0.4 is 11.5 Å². The summed E-state index contributed by atoms with van der Waals surface area (Å²) in [6, 6.07) is 4.50. The van der Waals surface area contributed by atoms with Gasteiger partial charge >= 0.3 is 37.7 Å². The van der Waals surface area contributed by atoms with Crippen LogP contribution in [-0.4, -0.2) is 63.7 Å². The maximum absolute atomic E-state index is 10.6. The van der Waals surface area contributed by atoms with Crippen LogP contribution in [-0.2, 0) is 20.2 Å². The molecule has 144 valence electrons. The van der Waals surface area contributed by atoms with E-state index in [-0.39, 0.29) is 68.9 Å². The number of nitrogen functional groups attached to an aromatic ring is 2. The molecule has 2 aromatic carbocycles. The monoisotopic (exact) mass is 480 g/mol. The van der Waals surface area contributed by atoms with E-state index in [0.29, 0.717) is 11.1 Å². The summed E-state index contributed by atoms with van der Waals surface area (Å²) in [5, 5.41) is 0.541. The molecule has 0 aromatic heterocycles. The van der Waals surface area contributed by atoms with E-state index in [2.05, 4.69) is 0 Å². The molecule has 0 atom stereocenters. The van der Waals surface area contributed by atoms with Gasteiger partial charge in [-0.1, -0.05) is 23.2 Å². The smallest absolute Gasteiger partial charge is 0.744 e. The van der Waals surface area contributed by atoms with Crippen molar-refractivity contribution in [3.05, 3.63) is 45.4 Å². The van der Waals surface area contributed by atoms with Gasteiger partial charge in [-0.15, -0.1) is 0 Å². The fourth-order valence-electron chi connectivity index (χ4n) is 1.81. The van der Waals surface area contributed by atoms with Crippen LogP contribution in [0.5, 0.6) is 0 Å². The largest absolute Gasteiger partial charge is 2.00 e. The summed E-state index contributed by atoms with van der Waals surface area (Å²) in [5.74, 6) is 0. The number of hydrogen-bond donors (Lipinski definition) is 2. The third kappa shape index (κ3) is 7.56. The Hall–Kier alpha value is -0.300. The Labute approximate surface area is 197 Å². The van der Waals surface area contributed by atoms with Gasteiger partial charge in [-0.2, -0.15) is 0 Å². The number of aryl methyl sites for hydroxylation is 2. The molecule has 13 heteroatoms. The summed E-state index contributed by atoms with van der Waals surface area (Å²) in [7, 11) is -8.91. The minimum Gasteiger partial charge on any atom is -0.744 e. The Balaban J connectivity index is 0.000000483. The third-order valence-corrected chi connectivity index (χ3v) is 5.75. The van der Waals surface area contributed by atoms with Gasteiger partial charge in [-0.05, 0) is 49.2 Å². The van der Waals surface area contributed by atoms with Crippen LogP contribution in [0.3, 0.4) is 0 Å². The molecule has 2 aromatic rings. The van der Waals surface area contributed by atoms with E-state index in [4.69, 9.17) is 34.7 Å². The van der Waals surface area contributed by atoms with Crippen LogP contribution in [0.1, 0.15) is 11.1 Å². The van der Waals surface area contributed by atoms with E-state index in [0.717, 1.165) is 12.1 Å². The Bertz CT molecular complexity index is 928. The maximum atomic E-state index is 10.6. The zero-order valence-electron chi connectivity index (χ0n) is 14.2. The molecule has 0 saturated carbocycles. The molecule has 8 nitrogen and oxygen atoms in total. The molecule has 2 rings (SSSR count). The quantitative estimate of drug-likeness (QED) is 0.373. The fourth-order valence-corrected chi connectivity index (χ4v) is 3.22. The molecule has 27 heavy (non-hydrogen) atoms. The number of rotatable bonds is 2. The summed E-state index contributed by atoms with van der Waals surface area (Å²) in [4.78, 5) is -0.709. The third-order valence-electron chi connectivity index (χ3n) is 3.09. The van der Waals surface area contributed by atoms with E-state index in [9.17, 15) is 25.9 Å². The fraction of sp³-hybridized carbons (Fsp3) is 0.143. The standard InChI is InChI=1S/2C7H8ClNO3S.Ca/c2*1-4-2-5(13(10,11)12)3-6(9)7(4)8;/h2*2-3H,9H2,1H3,(H,10,11,12);/q;;+2/p-2. The number of halogens is 2. The molecular formula is C14H14CaCl2N2O6S2. The van der Waals surface area contributed by atoms with Gasteiger partial charge in [0.15, 0.2) is 0 Å². The van der Waals surface area contributed by atoms with Gasteiger partial charge in [0.05, 0.1) is 31.2 Å². The summed E-state index contributed by atoms with van der Waals surface area (Å²) in [6.07, 6.45) is 0. The Kier molecular flexibility index (Phi) is 9.84. The maximum Gasteiger partial charge on any atom is 2.00 e. The molecule has 0 unspecified atom stereocenters. The minimum atomic E-state index is -4.45. The van der Waals surface area contributed by atoms with Crippen LogP contribution in [0.15, 0.2) is 34.1 Å². The van der Waals surface area contributed by atoms with Gasteiger partial charge in [0.25, 0.3) is 0 Å². The summed E-state index contributed by atoms with van der Waals surface area (Å²) >= 11 is 11.4. The van der Waals surface area contributed by atoms with Crippen molar-refractivity contribution in [1.82, 2.24) is 0 Å². The van der Waals surface area contributed by atoms with Crippen molar-refractivity contribution >= 4 is 92.6 Å². The SMILES string of the molecule is Cc1cc(S(=O)(=O)[O-])cc(N)c1Cl.Cc1cc(S(=O)(=O)[O-])cc(N)c1Cl.[Ca+2]. The predicted octanol–water partition coefficient (Wildman–Crippen LogP) is 1.89. The van der Waals surface area contributed by atoms with Crippen molar-refractivity contribution in [2.75, 3.05) is 11.5 Å². The van der Waals surface area contributed by atoms with Gasteiger partial charge in [0.1, 0.15) is 20.2 Å². The first kappa shape index (κ1) is 26.7. The number of nitrogens with two attached hydrogens (primary N) is 2. The molecule has 0 aliphatic rings. The average Bonchev–Trinajstić information content (AvgIpc) is 2.48. The van der Waals surface area contributed by atoms with Crippen molar-refractivity contribution < 1.29 is 25.9 Å². The number of hydrogen-bond acceptors (Lipinski definition) is 8. The van der Waals surface area contributed by atoms with Crippen molar-refractivity contribution in [2.24, 2.45) is 0 Å². The number of benzene rings is 2. The molecule has 0 bridgehead atoms. The van der Waals surface area contributed by atoms with Crippen LogP contribution in [0.4, 0.5) is 11.4 Å². The molecule has 0 fully saturated rings. The van der Waals surface area contributed by atoms with Crippen LogP contribution in [0, 0.1) is 13.8 Å². The van der Waals surface area contributed by atoms with Gasteiger partial charge in [0.2, 0.25) is 0 Å². The second-order valence-electron chi connectivity index (χ2n) is 5.20. The second kappa shape index (κ2) is 9.95. The summed E-state index contributed by atoms with van der Waals surface area (Å²) in [5.41, 5.74) is 11.9. The van der Waals surface area contributed by atoms with E-state index >= 15 is 0 Å². The van der Waals surface area contributed by atoms with Crippen molar-refractivity contribution in [2.45, 2.75) is 23.6 Å². The van der Waals surface area contributed by atoms with Crippen molar-refractivity contribution in [1.29, 1.82) is 0 Å². The molecule has 0 heterocycles. The average molecular weight is 481 g/mol. The Morgan fingerprint density at radius 2 is 1.00 bits per heavy atom. The van der Waals surface area contributed by atoms with Crippen LogP contribution >= 0.6 is 23.2 Å². The Morgan fingerprint density at radius 3 is 1.19 bits per heavy atom. The molecule has 0 aliphatic carbocycles. The molecule has 0 spiro atoms. The van der Waals surface area contributed by atoms with E-state index in [1.807, 2.05) is 0 Å². The zero-order chi connectivity index (χ0) is 20.4. The van der Waals surface area contributed by atoms with Gasteiger partial charge in [0, 0.05) is 0 Å². The minimum absolute atomic E-state index is 0. The second-order valence-corrected chi connectivity index (χ2v) is 8.71. The first-order chi connectivity index (χ1) is 11.6. The molecule has 0 saturated heterocycles. The van der Waals surface area contributed by atoms with E-state index < -0.39 is 20.2 Å². The van der Waals surface area contributed by atoms with Gasteiger partial charge in [-0.25, -0.2) is 16.8 Å². The Morgan fingerprint density at radius 1 is 0.741 bits per heavy atom. The zero-order valence-corrected chi connectivity index (χ0v) is 19.5. The van der Waals surface area contributed by atoms with Gasteiger partial charge < -0.3 is 20.6 Å².